The maximum atomic E-state index is 12.8. The number of hydrogen-bond acceptors (Lipinski definition) is 4. The first-order valence-electron chi connectivity index (χ1n) is 9.70. The monoisotopic (exact) mass is 340 g/mol. The van der Waals surface area contributed by atoms with Crippen LogP contribution in [0.4, 0.5) is 0 Å². The molecule has 0 aromatic rings. The summed E-state index contributed by atoms with van der Waals surface area (Å²) in [6.07, 6.45) is 7.96. The molecular weight excluding hydrogens is 304 g/mol. The Balaban J connectivity index is 2.47. The molecule has 1 rings (SSSR count). The van der Waals surface area contributed by atoms with Gasteiger partial charge in [0.25, 0.3) is 0 Å². The van der Waals surface area contributed by atoms with Crippen LogP contribution in [0.2, 0.25) is 0 Å². The molecule has 0 unspecified atom stereocenters. The van der Waals surface area contributed by atoms with Crippen LogP contribution in [0, 0.1) is 5.92 Å². The minimum atomic E-state index is -0.236. The molecule has 1 fully saturated rings. The van der Waals surface area contributed by atoms with Crippen molar-refractivity contribution in [3.05, 3.63) is 0 Å². The lowest BCUT2D eigenvalue weighted by Crippen LogP contribution is -2.39. The number of ether oxygens (including phenoxy) is 1. The lowest BCUT2D eigenvalue weighted by Gasteiger charge is -2.29. The highest BCUT2D eigenvalue weighted by Crippen LogP contribution is 2.25. The van der Waals surface area contributed by atoms with E-state index in [0.717, 1.165) is 64.7 Å². The van der Waals surface area contributed by atoms with E-state index in [-0.39, 0.29) is 17.8 Å². The largest absolute Gasteiger partial charge is 0.469 e. The van der Waals surface area contributed by atoms with E-state index in [9.17, 15) is 9.59 Å². The Kier molecular flexibility index (Phi) is 10.7. The third kappa shape index (κ3) is 7.65. The average molecular weight is 341 g/mol. The molecule has 24 heavy (non-hydrogen) atoms. The van der Waals surface area contributed by atoms with E-state index in [1.807, 2.05) is 4.90 Å². The van der Waals surface area contributed by atoms with Gasteiger partial charge >= 0.3 is 5.97 Å². The van der Waals surface area contributed by atoms with Crippen LogP contribution in [0.25, 0.3) is 0 Å². The van der Waals surface area contributed by atoms with Gasteiger partial charge in [-0.25, -0.2) is 0 Å². The van der Waals surface area contributed by atoms with Gasteiger partial charge < -0.3 is 14.5 Å². The zero-order chi connectivity index (χ0) is 17.8. The Hall–Kier alpha value is -1.10. The van der Waals surface area contributed by atoms with Crippen LogP contribution in [-0.2, 0) is 14.3 Å². The first-order valence-corrected chi connectivity index (χ1v) is 9.70. The van der Waals surface area contributed by atoms with E-state index in [4.69, 9.17) is 4.74 Å². The molecule has 0 heterocycles. The lowest BCUT2D eigenvalue weighted by atomic mass is 9.88. The molecule has 0 spiro atoms. The Morgan fingerprint density at radius 1 is 0.958 bits per heavy atom. The fourth-order valence-corrected chi connectivity index (χ4v) is 3.45. The summed E-state index contributed by atoms with van der Waals surface area (Å²) in [4.78, 5) is 28.6. The van der Waals surface area contributed by atoms with Gasteiger partial charge in [0, 0.05) is 19.0 Å². The zero-order valence-corrected chi connectivity index (χ0v) is 15.9. The van der Waals surface area contributed by atoms with Gasteiger partial charge in [0.15, 0.2) is 0 Å². The quantitative estimate of drug-likeness (QED) is 0.428. The Morgan fingerprint density at radius 2 is 1.58 bits per heavy atom. The number of rotatable bonds is 11. The Morgan fingerprint density at radius 3 is 2.17 bits per heavy atom. The van der Waals surface area contributed by atoms with Crippen molar-refractivity contribution in [1.29, 1.82) is 0 Å². The van der Waals surface area contributed by atoms with Crippen molar-refractivity contribution < 1.29 is 14.3 Å². The number of carbonyl (C=O) groups is 2. The number of esters is 1. The van der Waals surface area contributed by atoms with Crippen molar-refractivity contribution >= 4 is 11.9 Å². The molecule has 0 bridgehead atoms. The molecule has 1 aliphatic rings. The standard InChI is InChI=1S/C19H36N2O3/c1-4-20(5-2)14-9-10-15-21(16-13-18(22)24-3)19(23)17-11-7-6-8-12-17/h17H,4-16H2,1-3H3. The predicted molar refractivity (Wildman–Crippen MR) is 96.8 cm³/mol. The molecule has 1 saturated carbocycles. The number of hydrogen-bond donors (Lipinski definition) is 0. The molecule has 5 heteroatoms. The molecule has 1 aliphatic carbocycles. The van der Waals surface area contributed by atoms with E-state index < -0.39 is 0 Å². The summed E-state index contributed by atoms with van der Waals surface area (Å²) >= 11 is 0. The summed E-state index contributed by atoms with van der Waals surface area (Å²) in [6.45, 7) is 8.83. The fraction of sp³-hybridized carbons (Fsp3) is 0.895. The second-order valence-electron chi connectivity index (χ2n) is 6.72. The summed E-state index contributed by atoms with van der Waals surface area (Å²) in [5, 5.41) is 0. The van der Waals surface area contributed by atoms with Gasteiger partial charge in [-0.2, -0.15) is 0 Å². The van der Waals surface area contributed by atoms with E-state index in [0.29, 0.717) is 13.0 Å². The normalized spacial score (nSPS) is 15.5. The fourth-order valence-electron chi connectivity index (χ4n) is 3.45. The smallest absolute Gasteiger partial charge is 0.307 e. The van der Waals surface area contributed by atoms with Gasteiger partial charge in [-0.1, -0.05) is 33.1 Å². The van der Waals surface area contributed by atoms with Crippen LogP contribution in [0.15, 0.2) is 0 Å². The molecule has 0 aromatic carbocycles. The van der Waals surface area contributed by atoms with Gasteiger partial charge in [-0.15, -0.1) is 0 Å². The van der Waals surface area contributed by atoms with E-state index in [1.165, 1.54) is 13.5 Å². The third-order valence-electron chi connectivity index (χ3n) is 5.13. The molecule has 0 radical (unpaired) electrons. The molecule has 140 valence electrons. The molecule has 0 N–H and O–H groups in total. The van der Waals surface area contributed by atoms with Gasteiger partial charge in [0.1, 0.15) is 0 Å². The summed E-state index contributed by atoms with van der Waals surface area (Å²) in [6, 6.07) is 0. The van der Waals surface area contributed by atoms with Crippen molar-refractivity contribution in [3.63, 3.8) is 0 Å². The number of nitrogens with zero attached hydrogens (tertiary/aromatic N) is 2. The van der Waals surface area contributed by atoms with Crippen molar-refractivity contribution in [2.24, 2.45) is 5.92 Å². The Bertz CT molecular complexity index is 364. The summed E-state index contributed by atoms with van der Waals surface area (Å²) < 4.78 is 4.73. The van der Waals surface area contributed by atoms with Crippen LogP contribution in [-0.4, -0.2) is 61.5 Å². The van der Waals surface area contributed by atoms with Gasteiger partial charge in [-0.3, -0.25) is 9.59 Å². The van der Waals surface area contributed by atoms with E-state index >= 15 is 0 Å². The first kappa shape index (κ1) is 20.9. The van der Waals surface area contributed by atoms with Crippen LogP contribution in [0.1, 0.15) is 65.2 Å². The predicted octanol–water partition coefficient (Wildman–Crippen LogP) is 3.08. The average Bonchev–Trinajstić information content (AvgIpc) is 2.64. The molecule has 0 atom stereocenters. The Labute approximate surface area is 147 Å². The van der Waals surface area contributed by atoms with E-state index in [2.05, 4.69) is 18.7 Å². The van der Waals surface area contributed by atoms with Crippen LogP contribution in [0.3, 0.4) is 0 Å². The van der Waals surface area contributed by atoms with Crippen LogP contribution < -0.4 is 0 Å². The highest BCUT2D eigenvalue weighted by atomic mass is 16.5. The van der Waals surface area contributed by atoms with Crippen LogP contribution >= 0.6 is 0 Å². The minimum absolute atomic E-state index is 0.166. The summed E-state index contributed by atoms with van der Waals surface area (Å²) in [7, 11) is 1.40. The molecule has 0 saturated heterocycles. The molecule has 5 nitrogen and oxygen atoms in total. The maximum Gasteiger partial charge on any atom is 0.307 e. The minimum Gasteiger partial charge on any atom is -0.469 e. The van der Waals surface area contributed by atoms with Crippen molar-refractivity contribution in [3.8, 4) is 0 Å². The highest BCUT2D eigenvalue weighted by Gasteiger charge is 2.26. The SMILES string of the molecule is CCN(CC)CCCCN(CCC(=O)OC)C(=O)C1CCCCC1. The van der Waals surface area contributed by atoms with Crippen molar-refractivity contribution in [2.45, 2.75) is 65.2 Å². The third-order valence-corrected chi connectivity index (χ3v) is 5.13. The molecule has 1 amide bonds. The van der Waals surface area contributed by atoms with Gasteiger partial charge in [0.2, 0.25) is 5.91 Å². The lowest BCUT2D eigenvalue weighted by molar-refractivity contribution is -0.142. The second kappa shape index (κ2) is 12.3. The second-order valence-corrected chi connectivity index (χ2v) is 6.72. The van der Waals surface area contributed by atoms with Gasteiger partial charge in [0.05, 0.1) is 13.5 Å². The number of amides is 1. The molecular formula is C19H36N2O3. The van der Waals surface area contributed by atoms with Crippen molar-refractivity contribution in [2.75, 3.05) is 39.8 Å². The van der Waals surface area contributed by atoms with E-state index in [1.54, 1.807) is 0 Å². The van der Waals surface area contributed by atoms with Crippen molar-refractivity contribution in [1.82, 2.24) is 9.80 Å². The van der Waals surface area contributed by atoms with Crippen LogP contribution in [0.5, 0.6) is 0 Å². The molecule has 0 aliphatic heterocycles. The zero-order valence-electron chi connectivity index (χ0n) is 15.9. The summed E-state index contributed by atoms with van der Waals surface area (Å²) in [5.74, 6) is 0.181. The molecule has 0 aromatic heterocycles. The number of unbranched alkanes of at least 4 members (excludes halogenated alkanes) is 1. The number of methoxy groups -OCH3 is 1. The first-order chi connectivity index (χ1) is 11.6. The maximum absolute atomic E-state index is 12.8. The topological polar surface area (TPSA) is 49.9 Å². The summed E-state index contributed by atoms with van der Waals surface area (Å²) in [5.41, 5.74) is 0. The number of carbonyl (C=O) groups excluding carboxylic acids is 2. The van der Waals surface area contributed by atoms with Gasteiger partial charge in [-0.05, 0) is 45.3 Å². The highest BCUT2D eigenvalue weighted by molar-refractivity contribution is 5.79.